The summed E-state index contributed by atoms with van der Waals surface area (Å²) >= 11 is 5.83. The van der Waals surface area contributed by atoms with Crippen molar-refractivity contribution >= 4 is 21.6 Å². The lowest BCUT2D eigenvalue weighted by atomic mass is 10.0. The molecule has 0 unspecified atom stereocenters. The molecule has 1 aromatic rings. The summed E-state index contributed by atoms with van der Waals surface area (Å²) < 4.78 is 40.2. The van der Waals surface area contributed by atoms with E-state index in [0.29, 0.717) is 12.6 Å². The second-order valence-electron chi connectivity index (χ2n) is 5.86. The van der Waals surface area contributed by atoms with Gasteiger partial charge < -0.3 is 0 Å². The van der Waals surface area contributed by atoms with Gasteiger partial charge >= 0.3 is 0 Å². The monoisotopic (exact) mass is 348 g/mol. The molecule has 1 aliphatic heterocycles. The second-order valence-corrected chi connectivity index (χ2v) is 8.00. The number of nitrogens with zero attached hydrogens (tertiary/aromatic N) is 1. The molecule has 0 saturated carbocycles. The van der Waals surface area contributed by atoms with Crippen LogP contribution in [-0.4, -0.2) is 38.5 Å². The highest BCUT2D eigenvalue weighted by Crippen LogP contribution is 2.23. The highest BCUT2D eigenvalue weighted by atomic mass is 35.5. The highest BCUT2D eigenvalue weighted by molar-refractivity contribution is 7.89. The Morgan fingerprint density at radius 3 is 2.82 bits per heavy atom. The molecule has 0 amide bonds. The third kappa shape index (κ3) is 4.19. The van der Waals surface area contributed by atoms with Crippen LogP contribution in [0.2, 0.25) is 5.02 Å². The molecule has 1 aliphatic rings. The standard InChI is InChI=1S/C15H22ClFN2O2S/c1-11-5-3-4-8-19(11)12(2)10-18-22(20,21)15-7-6-13(17)9-14(15)16/h6-7,9,11-12,18H,3-5,8,10H2,1-2H3/t11-,12-/m1/s1. The summed E-state index contributed by atoms with van der Waals surface area (Å²) in [5.74, 6) is -0.556. The molecule has 0 aromatic heterocycles. The summed E-state index contributed by atoms with van der Waals surface area (Å²) in [5, 5.41) is -0.105. The molecule has 0 aliphatic carbocycles. The van der Waals surface area contributed by atoms with Gasteiger partial charge in [0.05, 0.1) is 5.02 Å². The van der Waals surface area contributed by atoms with Gasteiger partial charge in [0.25, 0.3) is 0 Å². The molecule has 1 saturated heterocycles. The number of rotatable bonds is 5. The largest absolute Gasteiger partial charge is 0.297 e. The van der Waals surface area contributed by atoms with Crippen LogP contribution in [0.4, 0.5) is 4.39 Å². The minimum absolute atomic E-state index is 0.0885. The number of piperidine rings is 1. The van der Waals surface area contributed by atoms with E-state index in [1.165, 1.54) is 12.5 Å². The van der Waals surface area contributed by atoms with Crippen LogP contribution in [0.3, 0.4) is 0 Å². The summed E-state index contributed by atoms with van der Waals surface area (Å²) in [5.41, 5.74) is 0. The molecule has 0 radical (unpaired) electrons. The maximum Gasteiger partial charge on any atom is 0.242 e. The molecular weight excluding hydrogens is 327 g/mol. The molecule has 2 atom stereocenters. The summed E-state index contributed by atoms with van der Waals surface area (Å²) in [6.45, 7) is 5.47. The predicted octanol–water partition coefficient (Wildman–Crippen LogP) is 3.02. The van der Waals surface area contributed by atoms with E-state index in [4.69, 9.17) is 11.6 Å². The highest BCUT2D eigenvalue weighted by Gasteiger charge is 2.25. The fraction of sp³-hybridized carbons (Fsp3) is 0.600. The van der Waals surface area contributed by atoms with E-state index in [1.807, 2.05) is 6.92 Å². The molecule has 7 heteroatoms. The maximum absolute atomic E-state index is 13.0. The van der Waals surface area contributed by atoms with E-state index in [9.17, 15) is 12.8 Å². The Bertz CT molecular complexity index is 624. The van der Waals surface area contributed by atoms with E-state index >= 15 is 0 Å². The first kappa shape index (κ1) is 17.7. The van der Waals surface area contributed by atoms with Gasteiger partial charge in [-0.25, -0.2) is 17.5 Å². The fourth-order valence-corrected chi connectivity index (χ4v) is 4.54. The van der Waals surface area contributed by atoms with Crippen LogP contribution >= 0.6 is 11.6 Å². The zero-order valence-corrected chi connectivity index (χ0v) is 14.4. The van der Waals surface area contributed by atoms with E-state index in [1.54, 1.807) is 0 Å². The first-order valence-corrected chi connectivity index (χ1v) is 9.38. The van der Waals surface area contributed by atoms with Crippen molar-refractivity contribution < 1.29 is 12.8 Å². The van der Waals surface area contributed by atoms with Crippen molar-refractivity contribution in [2.24, 2.45) is 0 Å². The molecular formula is C15H22ClFN2O2S. The van der Waals surface area contributed by atoms with Gasteiger partial charge in [-0.15, -0.1) is 0 Å². The zero-order chi connectivity index (χ0) is 16.3. The van der Waals surface area contributed by atoms with Gasteiger partial charge in [-0.05, 0) is 51.4 Å². The van der Waals surface area contributed by atoms with Crippen LogP contribution in [0, 0.1) is 5.82 Å². The van der Waals surface area contributed by atoms with E-state index in [-0.39, 0.29) is 16.0 Å². The Balaban J connectivity index is 2.03. The molecule has 4 nitrogen and oxygen atoms in total. The van der Waals surface area contributed by atoms with Crippen LogP contribution in [0.15, 0.2) is 23.1 Å². The Kier molecular flexibility index (Phi) is 5.82. The molecule has 1 heterocycles. The second kappa shape index (κ2) is 7.25. The summed E-state index contributed by atoms with van der Waals surface area (Å²) in [7, 11) is -3.73. The van der Waals surface area contributed by atoms with Crippen molar-refractivity contribution in [3.8, 4) is 0 Å². The normalized spacial score (nSPS) is 21.7. The van der Waals surface area contributed by atoms with Gasteiger partial charge in [0.1, 0.15) is 10.7 Å². The summed E-state index contributed by atoms with van der Waals surface area (Å²) in [6.07, 6.45) is 3.51. The molecule has 1 fully saturated rings. The SMILES string of the molecule is C[C@@H]1CCCCN1[C@H](C)CNS(=O)(=O)c1ccc(F)cc1Cl. The first-order valence-electron chi connectivity index (χ1n) is 7.51. The number of likely N-dealkylation sites (tertiary alicyclic amines) is 1. The Morgan fingerprint density at radius 1 is 1.45 bits per heavy atom. The van der Waals surface area contributed by atoms with E-state index < -0.39 is 15.8 Å². The number of sulfonamides is 1. The molecule has 22 heavy (non-hydrogen) atoms. The number of hydrogen-bond acceptors (Lipinski definition) is 3. The Morgan fingerprint density at radius 2 is 2.18 bits per heavy atom. The number of benzene rings is 1. The van der Waals surface area contributed by atoms with Gasteiger partial charge in [-0.3, -0.25) is 4.90 Å². The van der Waals surface area contributed by atoms with Crippen molar-refractivity contribution in [2.75, 3.05) is 13.1 Å². The van der Waals surface area contributed by atoms with Crippen LogP contribution < -0.4 is 4.72 Å². The first-order chi connectivity index (χ1) is 10.3. The van der Waals surface area contributed by atoms with Crippen molar-refractivity contribution in [3.63, 3.8) is 0 Å². The summed E-state index contributed by atoms with van der Waals surface area (Å²) in [6, 6.07) is 3.85. The van der Waals surface area contributed by atoms with Gasteiger partial charge in [-0.1, -0.05) is 18.0 Å². The van der Waals surface area contributed by atoms with Gasteiger partial charge in [0.15, 0.2) is 0 Å². The lowest BCUT2D eigenvalue weighted by Gasteiger charge is -2.38. The number of halogens is 2. The lowest BCUT2D eigenvalue weighted by Crippen LogP contribution is -2.48. The van der Waals surface area contributed by atoms with Crippen molar-refractivity contribution in [3.05, 3.63) is 29.0 Å². The third-order valence-electron chi connectivity index (χ3n) is 4.17. The third-order valence-corrected chi connectivity index (χ3v) is 6.08. The smallest absolute Gasteiger partial charge is 0.242 e. The molecule has 0 bridgehead atoms. The average molecular weight is 349 g/mol. The molecule has 1 aromatic carbocycles. The van der Waals surface area contributed by atoms with Crippen molar-refractivity contribution in [1.82, 2.24) is 9.62 Å². The van der Waals surface area contributed by atoms with Crippen molar-refractivity contribution in [2.45, 2.75) is 50.1 Å². The topological polar surface area (TPSA) is 49.4 Å². The van der Waals surface area contributed by atoms with Crippen molar-refractivity contribution in [1.29, 1.82) is 0 Å². The fourth-order valence-electron chi connectivity index (χ4n) is 2.89. The minimum Gasteiger partial charge on any atom is -0.297 e. The van der Waals surface area contributed by atoms with Crippen LogP contribution in [0.25, 0.3) is 0 Å². The average Bonchev–Trinajstić information content (AvgIpc) is 2.45. The quantitative estimate of drug-likeness (QED) is 0.889. The number of hydrogen-bond donors (Lipinski definition) is 1. The zero-order valence-electron chi connectivity index (χ0n) is 12.9. The van der Waals surface area contributed by atoms with Gasteiger partial charge in [0.2, 0.25) is 10.0 Å². The minimum atomic E-state index is -3.73. The number of nitrogens with one attached hydrogen (secondary N) is 1. The molecule has 2 rings (SSSR count). The van der Waals surface area contributed by atoms with Crippen LogP contribution in [0.5, 0.6) is 0 Å². The van der Waals surface area contributed by atoms with Gasteiger partial charge in [-0.2, -0.15) is 0 Å². The van der Waals surface area contributed by atoms with Gasteiger partial charge in [0, 0.05) is 18.6 Å². The van der Waals surface area contributed by atoms with E-state index in [0.717, 1.165) is 31.5 Å². The Labute approximate surface area is 136 Å². The maximum atomic E-state index is 13.0. The van der Waals surface area contributed by atoms with E-state index in [2.05, 4.69) is 16.5 Å². The summed E-state index contributed by atoms with van der Waals surface area (Å²) in [4.78, 5) is 2.23. The Hall–Kier alpha value is -0.690. The predicted molar refractivity (Wildman–Crippen MR) is 86.1 cm³/mol. The van der Waals surface area contributed by atoms with Crippen LogP contribution in [0.1, 0.15) is 33.1 Å². The molecule has 1 N–H and O–H groups in total. The lowest BCUT2D eigenvalue weighted by molar-refractivity contribution is 0.116. The molecule has 124 valence electrons. The van der Waals surface area contributed by atoms with Crippen LogP contribution in [-0.2, 0) is 10.0 Å². The molecule has 0 spiro atoms.